The van der Waals surface area contributed by atoms with Crippen molar-refractivity contribution < 1.29 is 18.0 Å². The van der Waals surface area contributed by atoms with Gasteiger partial charge < -0.3 is 5.32 Å². The molecule has 1 aromatic carbocycles. The molecule has 8 heteroatoms. The fourth-order valence-corrected chi connectivity index (χ4v) is 4.25. The Morgan fingerprint density at radius 3 is 2.65 bits per heavy atom. The molecule has 2 aliphatic rings. The number of hydrogen-bond donors (Lipinski definition) is 1. The van der Waals surface area contributed by atoms with E-state index in [1.54, 1.807) is 13.0 Å². The lowest BCUT2D eigenvalue weighted by Gasteiger charge is -2.24. The van der Waals surface area contributed by atoms with Gasteiger partial charge in [0.1, 0.15) is 17.0 Å². The monoisotopic (exact) mass is 333 g/mol. The van der Waals surface area contributed by atoms with Crippen LogP contribution in [0.25, 0.3) is 0 Å². The highest BCUT2D eigenvalue weighted by atomic mass is 32.2. The Morgan fingerprint density at radius 2 is 2.09 bits per heavy atom. The minimum Gasteiger partial charge on any atom is -0.336 e. The van der Waals surface area contributed by atoms with Gasteiger partial charge in [-0.3, -0.25) is 9.59 Å². The number of nitriles is 1. The van der Waals surface area contributed by atoms with Crippen molar-refractivity contribution in [1.29, 1.82) is 5.26 Å². The third-order valence-electron chi connectivity index (χ3n) is 4.22. The Morgan fingerprint density at radius 1 is 1.43 bits per heavy atom. The summed E-state index contributed by atoms with van der Waals surface area (Å²) >= 11 is 0. The van der Waals surface area contributed by atoms with Crippen molar-refractivity contribution in [3.63, 3.8) is 0 Å². The normalized spacial score (nSPS) is 21.2. The number of nitrogens with one attached hydrogen (secondary N) is 1. The van der Waals surface area contributed by atoms with Crippen LogP contribution in [0.5, 0.6) is 0 Å². The maximum atomic E-state index is 12.4. The maximum Gasteiger partial charge on any atom is 0.269 e. The summed E-state index contributed by atoms with van der Waals surface area (Å²) in [7, 11) is -4.02. The van der Waals surface area contributed by atoms with Crippen molar-refractivity contribution >= 4 is 21.8 Å². The van der Waals surface area contributed by atoms with Crippen LogP contribution in [0.2, 0.25) is 0 Å². The number of carbonyl (C=O) groups is 2. The molecule has 3 rings (SSSR count). The van der Waals surface area contributed by atoms with E-state index in [0.717, 1.165) is 12.8 Å². The number of sulfonamides is 1. The Hall–Kier alpha value is -2.40. The van der Waals surface area contributed by atoms with Crippen LogP contribution in [0, 0.1) is 17.2 Å². The number of hydrogen-bond acceptors (Lipinski definition) is 5. The third-order valence-corrected chi connectivity index (χ3v) is 6.01. The third kappa shape index (κ3) is 2.47. The van der Waals surface area contributed by atoms with Crippen molar-refractivity contribution in [2.24, 2.45) is 5.92 Å². The molecule has 1 aliphatic carbocycles. The Balaban J connectivity index is 1.80. The largest absolute Gasteiger partial charge is 0.336 e. The first kappa shape index (κ1) is 15.5. The van der Waals surface area contributed by atoms with Crippen LogP contribution < -0.4 is 5.32 Å². The van der Waals surface area contributed by atoms with Gasteiger partial charge in [-0.05, 0) is 37.8 Å². The second-order valence-electron chi connectivity index (χ2n) is 5.95. The molecular weight excluding hydrogens is 318 g/mol. The van der Waals surface area contributed by atoms with Crippen LogP contribution in [0.15, 0.2) is 29.2 Å². The Labute approximate surface area is 133 Å². The maximum absolute atomic E-state index is 12.4. The predicted octanol–water partition coefficient (Wildman–Crippen LogP) is 0.640. The highest BCUT2D eigenvalue weighted by Crippen LogP contribution is 2.39. The van der Waals surface area contributed by atoms with Gasteiger partial charge in [-0.25, -0.2) is 12.7 Å². The Kier molecular flexibility index (Phi) is 3.41. The Bertz CT molecular complexity index is 839. The van der Waals surface area contributed by atoms with E-state index in [0.29, 0.717) is 4.31 Å². The van der Waals surface area contributed by atoms with E-state index in [4.69, 9.17) is 0 Å². The lowest BCUT2D eigenvalue weighted by Crippen LogP contribution is -2.51. The smallest absolute Gasteiger partial charge is 0.269 e. The molecule has 1 N–H and O–H groups in total. The molecule has 1 heterocycles. The minimum absolute atomic E-state index is 0.0607. The lowest BCUT2D eigenvalue weighted by molar-refractivity contribution is -0.122. The quantitative estimate of drug-likeness (QED) is 0.870. The number of fused-ring (bicyclic) bond motifs is 1. The molecule has 1 aliphatic heterocycles. The van der Waals surface area contributed by atoms with Gasteiger partial charge in [-0.1, -0.05) is 12.1 Å². The molecule has 120 valence electrons. The van der Waals surface area contributed by atoms with Crippen molar-refractivity contribution in [2.45, 2.75) is 30.2 Å². The molecular formula is C15H15N3O4S. The average Bonchev–Trinajstić information content (AvgIpc) is 3.34. The molecule has 1 fully saturated rings. The first-order valence-electron chi connectivity index (χ1n) is 7.18. The lowest BCUT2D eigenvalue weighted by atomic mass is 9.98. The second-order valence-corrected chi connectivity index (χ2v) is 7.78. The van der Waals surface area contributed by atoms with Crippen LogP contribution in [0.3, 0.4) is 0 Å². The molecule has 0 spiro atoms. The molecule has 0 radical (unpaired) electrons. The molecule has 2 amide bonds. The van der Waals surface area contributed by atoms with E-state index in [1.807, 2.05) is 0 Å². The molecule has 0 unspecified atom stereocenters. The predicted molar refractivity (Wildman–Crippen MR) is 79.5 cm³/mol. The van der Waals surface area contributed by atoms with Gasteiger partial charge in [0.2, 0.25) is 5.91 Å². The van der Waals surface area contributed by atoms with E-state index in [9.17, 15) is 23.3 Å². The zero-order valence-electron chi connectivity index (χ0n) is 12.4. The van der Waals surface area contributed by atoms with Gasteiger partial charge in [0.25, 0.3) is 15.9 Å². The standard InChI is InChI=1S/C15H15N3O4S/c1-15(9-16,10-6-7-10)17-13(19)8-18-14(20)11-4-2-3-5-12(11)23(18,21)22/h2-5,10H,6-8H2,1H3,(H,17,19)/t15-/m0/s1. The van der Waals surface area contributed by atoms with E-state index in [-0.39, 0.29) is 16.4 Å². The molecule has 7 nitrogen and oxygen atoms in total. The fourth-order valence-electron chi connectivity index (χ4n) is 2.73. The van der Waals surface area contributed by atoms with E-state index in [2.05, 4.69) is 11.4 Å². The summed E-state index contributed by atoms with van der Waals surface area (Å²) in [4.78, 5) is 24.3. The minimum atomic E-state index is -4.02. The first-order valence-corrected chi connectivity index (χ1v) is 8.62. The van der Waals surface area contributed by atoms with E-state index in [1.165, 1.54) is 18.2 Å². The summed E-state index contributed by atoms with van der Waals surface area (Å²) in [6, 6.07) is 7.90. The number of amides is 2. The molecule has 23 heavy (non-hydrogen) atoms. The highest BCUT2D eigenvalue weighted by molar-refractivity contribution is 7.90. The number of benzene rings is 1. The topological polar surface area (TPSA) is 107 Å². The zero-order chi connectivity index (χ0) is 16.8. The summed E-state index contributed by atoms with van der Waals surface area (Å²) in [5, 5.41) is 11.8. The van der Waals surface area contributed by atoms with Crippen LogP contribution in [-0.2, 0) is 14.8 Å². The zero-order valence-corrected chi connectivity index (χ0v) is 13.3. The van der Waals surface area contributed by atoms with Crippen molar-refractivity contribution in [1.82, 2.24) is 9.62 Å². The van der Waals surface area contributed by atoms with Crippen molar-refractivity contribution in [2.75, 3.05) is 6.54 Å². The molecule has 0 saturated heterocycles. The number of nitrogens with zero attached hydrogens (tertiary/aromatic N) is 2. The summed E-state index contributed by atoms with van der Waals surface area (Å²) in [5.74, 6) is -1.31. The SMILES string of the molecule is C[C@@](C#N)(NC(=O)CN1C(=O)c2ccccc2S1(=O)=O)C1CC1. The highest BCUT2D eigenvalue weighted by Gasteiger charge is 2.45. The van der Waals surface area contributed by atoms with Crippen molar-refractivity contribution in [3.8, 4) is 6.07 Å². The summed E-state index contributed by atoms with van der Waals surface area (Å²) in [6.07, 6.45) is 1.69. The molecule has 0 aromatic heterocycles. The van der Waals surface area contributed by atoms with Gasteiger partial charge in [-0.15, -0.1) is 0 Å². The molecule has 1 atom stereocenters. The first-order chi connectivity index (χ1) is 10.8. The van der Waals surface area contributed by atoms with E-state index < -0.39 is 33.9 Å². The van der Waals surface area contributed by atoms with Crippen LogP contribution in [0.1, 0.15) is 30.1 Å². The van der Waals surface area contributed by atoms with Gasteiger partial charge >= 0.3 is 0 Å². The fraction of sp³-hybridized carbons (Fsp3) is 0.400. The van der Waals surface area contributed by atoms with E-state index >= 15 is 0 Å². The number of rotatable bonds is 4. The summed E-state index contributed by atoms with van der Waals surface area (Å²) in [6.45, 7) is 0.984. The van der Waals surface area contributed by atoms with Gasteiger partial charge in [0.15, 0.2) is 0 Å². The van der Waals surface area contributed by atoms with Gasteiger partial charge in [0.05, 0.1) is 11.6 Å². The molecule has 1 saturated carbocycles. The average molecular weight is 333 g/mol. The number of carbonyl (C=O) groups excluding carboxylic acids is 2. The van der Waals surface area contributed by atoms with Crippen LogP contribution in [0.4, 0.5) is 0 Å². The van der Waals surface area contributed by atoms with Crippen LogP contribution in [-0.4, -0.2) is 36.6 Å². The second kappa shape index (κ2) is 5.06. The van der Waals surface area contributed by atoms with Gasteiger partial charge in [-0.2, -0.15) is 5.26 Å². The van der Waals surface area contributed by atoms with Crippen LogP contribution >= 0.6 is 0 Å². The molecule has 1 aromatic rings. The summed E-state index contributed by atoms with van der Waals surface area (Å²) in [5.41, 5.74) is -0.971. The van der Waals surface area contributed by atoms with Gasteiger partial charge in [0, 0.05) is 0 Å². The molecule has 0 bridgehead atoms. The summed E-state index contributed by atoms with van der Waals surface area (Å²) < 4.78 is 25.3. The van der Waals surface area contributed by atoms with Crippen molar-refractivity contribution in [3.05, 3.63) is 29.8 Å².